The van der Waals surface area contributed by atoms with E-state index in [0.717, 1.165) is 0 Å². The lowest BCUT2D eigenvalue weighted by atomic mass is 9.72. The monoisotopic (exact) mass is 386 g/mol. The van der Waals surface area contributed by atoms with Crippen molar-refractivity contribution in [1.29, 1.82) is 0 Å². The van der Waals surface area contributed by atoms with Gasteiger partial charge in [0, 0.05) is 0 Å². The third-order valence-corrected chi connectivity index (χ3v) is 9.45. The Bertz CT molecular complexity index is 1480. The fraction of sp³-hybridized carbons (Fsp3) is 0.333. The quantitative estimate of drug-likeness (QED) is 0.186. The van der Waals surface area contributed by atoms with Crippen LogP contribution in [0.2, 0.25) is 0 Å². The fourth-order valence-corrected chi connectivity index (χ4v) is 7.91. The minimum absolute atomic E-state index is 1.17. The van der Waals surface area contributed by atoms with Gasteiger partial charge in [-0.2, -0.15) is 0 Å². The van der Waals surface area contributed by atoms with E-state index in [9.17, 15) is 0 Å². The number of hydrogen-bond acceptors (Lipinski definition) is 0. The first-order valence-corrected chi connectivity index (χ1v) is 11.8. The summed E-state index contributed by atoms with van der Waals surface area (Å²) in [7, 11) is 0. The molecule has 0 saturated heterocycles. The maximum Gasteiger partial charge on any atom is -0.000752 e. The van der Waals surface area contributed by atoms with Gasteiger partial charge in [0.2, 0.25) is 0 Å². The minimum atomic E-state index is 1.17. The highest BCUT2D eigenvalue weighted by Crippen LogP contribution is 2.60. The van der Waals surface area contributed by atoms with Gasteiger partial charge in [0.05, 0.1) is 0 Å². The second-order valence-electron chi connectivity index (χ2n) is 10.0. The Balaban J connectivity index is 0.000000741. The summed E-state index contributed by atoms with van der Waals surface area (Å²) in [4.78, 5) is 0. The zero-order chi connectivity index (χ0) is 20.4. The second kappa shape index (κ2) is 4.52. The van der Waals surface area contributed by atoms with Crippen LogP contribution >= 0.6 is 0 Å². The molecule has 0 aromatic heterocycles. The molecule has 0 unspecified atom stereocenters. The molecule has 146 valence electrons. The van der Waals surface area contributed by atoms with Crippen LogP contribution in [0.1, 0.15) is 80.6 Å². The standard InChI is InChI=1S/C28H20.C2H6/c1-9-13-5-14-10(2)19-8-20-12(4)16-6-15-11(3)18-7-17(9)23-24(18)28(22(15)16)26(20)25(19)27(23)21(13)14;1-2/h5-8H2,1-4H3;1-2H3. The van der Waals surface area contributed by atoms with Crippen LogP contribution in [0.15, 0.2) is 0 Å². The molecule has 0 spiro atoms. The average molecular weight is 387 g/mol. The minimum Gasteiger partial charge on any atom is -0.0683 e. The lowest BCUT2D eigenvalue weighted by Crippen LogP contribution is -2.12. The zero-order valence-corrected chi connectivity index (χ0v) is 18.8. The van der Waals surface area contributed by atoms with E-state index in [1.54, 1.807) is 110 Å². The second-order valence-corrected chi connectivity index (χ2v) is 10.0. The smallest absolute Gasteiger partial charge is 0.000752 e. The van der Waals surface area contributed by atoms with Crippen molar-refractivity contribution in [3.05, 3.63) is 66.8 Å². The predicted molar refractivity (Wildman–Crippen MR) is 129 cm³/mol. The van der Waals surface area contributed by atoms with Crippen molar-refractivity contribution in [3.8, 4) is 0 Å². The first-order chi connectivity index (χ1) is 14.6. The van der Waals surface area contributed by atoms with Gasteiger partial charge in [0.15, 0.2) is 0 Å². The molecule has 0 saturated carbocycles. The molecule has 5 aromatic rings. The van der Waals surface area contributed by atoms with E-state index in [0.29, 0.717) is 0 Å². The van der Waals surface area contributed by atoms with Crippen molar-refractivity contribution in [1.82, 2.24) is 0 Å². The molecule has 30 heavy (non-hydrogen) atoms. The van der Waals surface area contributed by atoms with Gasteiger partial charge in [-0.3, -0.25) is 0 Å². The summed E-state index contributed by atoms with van der Waals surface area (Å²) < 4.78 is 0. The molecule has 9 rings (SSSR count). The molecule has 0 radical (unpaired) electrons. The van der Waals surface area contributed by atoms with Crippen molar-refractivity contribution in [2.24, 2.45) is 0 Å². The van der Waals surface area contributed by atoms with Crippen LogP contribution in [-0.4, -0.2) is 0 Å². The molecule has 0 atom stereocenters. The SMILES string of the molecule is CC.Cc1c2c3c(c(C)c4c5c6c(c(C)c7c8c(c(C)c9c(c(c1C9)c35)c86)C7)C4)C2. The molecule has 0 amide bonds. The highest BCUT2D eigenvalue weighted by molar-refractivity contribution is 6.40. The Morgan fingerprint density at radius 1 is 0.300 bits per heavy atom. The summed E-state index contributed by atoms with van der Waals surface area (Å²) in [6, 6.07) is 0. The van der Waals surface area contributed by atoms with Crippen LogP contribution in [-0.2, 0) is 25.7 Å². The zero-order valence-electron chi connectivity index (χ0n) is 18.8. The molecule has 0 N–H and O–H groups in total. The summed E-state index contributed by atoms with van der Waals surface area (Å²) in [5.41, 5.74) is 19.7. The first kappa shape index (κ1) is 16.1. The van der Waals surface area contributed by atoms with Gasteiger partial charge in [-0.25, -0.2) is 0 Å². The van der Waals surface area contributed by atoms with Crippen LogP contribution in [0.4, 0.5) is 0 Å². The molecule has 0 heterocycles. The highest BCUT2D eigenvalue weighted by atomic mass is 14.4. The lowest BCUT2D eigenvalue weighted by Gasteiger charge is -2.31. The molecular weight excluding hydrogens is 360 g/mol. The highest BCUT2D eigenvalue weighted by Gasteiger charge is 2.40. The summed E-state index contributed by atoms with van der Waals surface area (Å²) in [5, 5.41) is 13.2. The number of rotatable bonds is 0. The molecule has 0 fully saturated rings. The van der Waals surface area contributed by atoms with E-state index in [1.165, 1.54) is 25.7 Å². The molecule has 0 heteroatoms. The van der Waals surface area contributed by atoms with Crippen LogP contribution in [0.25, 0.3) is 43.1 Å². The van der Waals surface area contributed by atoms with Gasteiger partial charge in [0.1, 0.15) is 0 Å². The molecule has 0 nitrogen and oxygen atoms in total. The van der Waals surface area contributed by atoms with Crippen LogP contribution in [0.3, 0.4) is 0 Å². The molecule has 5 aromatic carbocycles. The summed E-state index contributed by atoms with van der Waals surface area (Å²) in [6.45, 7) is 13.6. The van der Waals surface area contributed by atoms with E-state index < -0.39 is 0 Å². The molecule has 0 bridgehead atoms. The first-order valence-electron chi connectivity index (χ1n) is 11.8. The van der Waals surface area contributed by atoms with Crippen molar-refractivity contribution < 1.29 is 0 Å². The maximum atomic E-state index is 2.41. The van der Waals surface area contributed by atoms with Gasteiger partial charge in [-0.05, 0) is 163 Å². The van der Waals surface area contributed by atoms with Gasteiger partial charge < -0.3 is 0 Å². The van der Waals surface area contributed by atoms with Crippen molar-refractivity contribution in [2.45, 2.75) is 67.2 Å². The Morgan fingerprint density at radius 2 is 0.500 bits per heavy atom. The van der Waals surface area contributed by atoms with Gasteiger partial charge in [-0.1, -0.05) is 13.8 Å². The molecule has 4 aliphatic carbocycles. The summed E-state index contributed by atoms with van der Waals surface area (Å²) in [5.74, 6) is 0. The van der Waals surface area contributed by atoms with E-state index >= 15 is 0 Å². The van der Waals surface area contributed by atoms with E-state index in [1.807, 2.05) is 13.8 Å². The van der Waals surface area contributed by atoms with Crippen molar-refractivity contribution >= 4 is 43.1 Å². The Morgan fingerprint density at radius 3 is 0.733 bits per heavy atom. The van der Waals surface area contributed by atoms with Crippen molar-refractivity contribution in [3.63, 3.8) is 0 Å². The largest absolute Gasteiger partial charge is 0.0683 e. The Hall–Kier alpha value is -2.60. The topological polar surface area (TPSA) is 0 Å². The van der Waals surface area contributed by atoms with E-state index in [-0.39, 0.29) is 0 Å². The summed E-state index contributed by atoms with van der Waals surface area (Å²) >= 11 is 0. The lowest BCUT2D eigenvalue weighted by molar-refractivity contribution is 1.04. The average Bonchev–Trinajstić information content (AvgIpc) is 3.28. The van der Waals surface area contributed by atoms with E-state index in [2.05, 4.69) is 27.7 Å². The van der Waals surface area contributed by atoms with Crippen molar-refractivity contribution in [2.75, 3.05) is 0 Å². The summed E-state index contributed by atoms with van der Waals surface area (Å²) in [6.07, 6.45) is 4.75. The predicted octanol–water partition coefficient (Wildman–Crippen LogP) is 7.61. The van der Waals surface area contributed by atoms with E-state index in [4.69, 9.17) is 0 Å². The van der Waals surface area contributed by atoms with Crippen LogP contribution in [0, 0.1) is 27.7 Å². The third-order valence-electron chi connectivity index (χ3n) is 9.45. The Kier molecular flexibility index (Phi) is 2.43. The fourth-order valence-electron chi connectivity index (χ4n) is 7.91. The van der Waals surface area contributed by atoms with Crippen LogP contribution in [0.5, 0.6) is 0 Å². The van der Waals surface area contributed by atoms with Gasteiger partial charge in [-0.15, -0.1) is 0 Å². The molecule has 4 aliphatic rings. The number of hydrogen-bond donors (Lipinski definition) is 0. The molecule has 0 aliphatic heterocycles. The maximum absolute atomic E-state index is 2.41. The number of benzene rings is 5. The van der Waals surface area contributed by atoms with Gasteiger partial charge in [0.25, 0.3) is 0 Å². The molecular formula is C30H26. The Labute approximate surface area is 177 Å². The van der Waals surface area contributed by atoms with Gasteiger partial charge >= 0.3 is 0 Å². The van der Waals surface area contributed by atoms with Crippen LogP contribution < -0.4 is 0 Å². The normalized spacial score (nSPS) is 15.8. The third kappa shape index (κ3) is 1.26.